The number of carboxylic acid groups (broad SMARTS) is 1. The largest absolute Gasteiger partial charge is 0.465 e. The van der Waals surface area contributed by atoms with Gasteiger partial charge in [-0.15, -0.1) is 0 Å². The number of rotatable bonds is 11. The van der Waals surface area contributed by atoms with Gasteiger partial charge in [-0.1, -0.05) is 72.7 Å². The van der Waals surface area contributed by atoms with Crippen molar-refractivity contribution in [1.29, 1.82) is 0 Å². The number of carbonyl (C=O) groups excluding carboxylic acids is 3. The van der Waals surface area contributed by atoms with Crippen LogP contribution in [-0.4, -0.2) is 103 Å². The maximum absolute atomic E-state index is 15.2. The second-order valence-corrected chi connectivity index (χ2v) is 19.8. The van der Waals surface area contributed by atoms with E-state index >= 15 is 8.78 Å². The summed E-state index contributed by atoms with van der Waals surface area (Å²) >= 11 is 0. The highest BCUT2D eigenvalue weighted by molar-refractivity contribution is 5.87. The first kappa shape index (κ1) is 46.3. The molecule has 5 heterocycles. The number of ether oxygens (including phenoxy) is 1. The molecule has 8 atom stereocenters. The Morgan fingerprint density at radius 2 is 1.17 bits per heavy atom. The Labute approximate surface area is 383 Å². The number of imidazole rings is 2. The summed E-state index contributed by atoms with van der Waals surface area (Å²) in [6.07, 6.45) is -2.84. The summed E-state index contributed by atoms with van der Waals surface area (Å²) in [5.74, 6) is -0.570. The number of aromatic amines is 2. The van der Waals surface area contributed by atoms with Gasteiger partial charge in [-0.3, -0.25) is 9.59 Å². The minimum absolute atomic E-state index is 0.0433. The first-order chi connectivity index (χ1) is 31.3. The zero-order valence-corrected chi connectivity index (χ0v) is 38.8. The number of fused-ring (bicyclic) bond motifs is 2. The Morgan fingerprint density at radius 3 is 1.58 bits per heavy atom. The maximum Gasteiger partial charge on any atom is 0.407 e. The van der Waals surface area contributed by atoms with Crippen molar-refractivity contribution in [1.82, 2.24) is 40.4 Å². The molecule has 0 aliphatic carbocycles. The highest BCUT2D eigenvalue weighted by atomic mass is 19.1. The molecule has 3 fully saturated rings. The van der Waals surface area contributed by atoms with E-state index in [9.17, 15) is 24.3 Å². The zero-order chi connectivity index (χ0) is 47.4. The van der Waals surface area contributed by atoms with Crippen molar-refractivity contribution >= 4 is 51.8 Å². The smallest absolute Gasteiger partial charge is 0.407 e. The lowest BCUT2D eigenvalue weighted by atomic mass is 9.87. The van der Waals surface area contributed by atoms with Crippen LogP contribution in [0.4, 0.5) is 24.1 Å². The molecule has 66 heavy (non-hydrogen) atoms. The van der Waals surface area contributed by atoms with Crippen molar-refractivity contribution in [2.24, 2.45) is 11.8 Å². The van der Waals surface area contributed by atoms with Gasteiger partial charge in [0.05, 0.1) is 66.4 Å². The van der Waals surface area contributed by atoms with Crippen LogP contribution in [0.2, 0.25) is 0 Å². The fourth-order valence-electron chi connectivity index (χ4n) is 10.1. The molecule has 15 nitrogen and oxygen atoms in total. The number of aromatic nitrogens is 4. The summed E-state index contributed by atoms with van der Waals surface area (Å²) in [6.45, 7) is 13.4. The van der Waals surface area contributed by atoms with Gasteiger partial charge in [0.15, 0.2) is 0 Å². The number of hydrogen-bond acceptors (Lipinski definition) is 8. The van der Waals surface area contributed by atoms with E-state index < -0.39 is 60.5 Å². The van der Waals surface area contributed by atoms with Crippen molar-refractivity contribution in [2.45, 2.75) is 128 Å². The third kappa shape index (κ3) is 9.12. The molecule has 4 amide bonds. The summed E-state index contributed by atoms with van der Waals surface area (Å²) in [6, 6.07) is 17.5. The van der Waals surface area contributed by atoms with Gasteiger partial charge in [0.2, 0.25) is 11.8 Å². The minimum Gasteiger partial charge on any atom is -0.465 e. The predicted octanol–water partition coefficient (Wildman–Crippen LogP) is 8.72. The van der Waals surface area contributed by atoms with Crippen LogP contribution in [0.3, 0.4) is 0 Å². The number of methoxy groups -OCH3 is 1. The first-order valence-corrected chi connectivity index (χ1v) is 22.9. The summed E-state index contributed by atoms with van der Waals surface area (Å²) in [5.41, 5.74) is 7.17. The molecule has 3 aliphatic heterocycles. The topological polar surface area (TPSA) is 189 Å². The Hall–Kier alpha value is -6.26. The van der Waals surface area contributed by atoms with Crippen molar-refractivity contribution in [3.05, 3.63) is 89.0 Å². The highest BCUT2D eigenvalue weighted by Crippen LogP contribution is 2.48. The monoisotopic (exact) mass is 909 g/mol. The molecular formula is C49H61F2N9O6. The molecule has 3 saturated heterocycles. The molecule has 0 saturated carbocycles. The highest BCUT2D eigenvalue weighted by Gasteiger charge is 2.44. The number of benzene rings is 3. The lowest BCUT2D eigenvalue weighted by Crippen LogP contribution is -2.51. The fourth-order valence-corrected chi connectivity index (χ4v) is 10.1. The van der Waals surface area contributed by atoms with Crippen molar-refractivity contribution in [3.8, 4) is 0 Å². The number of anilines is 1. The van der Waals surface area contributed by atoms with Crippen LogP contribution in [-0.2, 0) is 19.7 Å². The van der Waals surface area contributed by atoms with Crippen LogP contribution in [0.1, 0.15) is 127 Å². The molecule has 17 heteroatoms. The molecule has 352 valence electrons. The maximum atomic E-state index is 15.2. The van der Waals surface area contributed by atoms with E-state index in [0.717, 1.165) is 40.7 Å². The quantitative estimate of drug-likeness (QED) is 0.0864. The van der Waals surface area contributed by atoms with Crippen LogP contribution in [0.15, 0.2) is 60.7 Å². The van der Waals surface area contributed by atoms with Crippen molar-refractivity contribution < 1.29 is 37.8 Å². The molecule has 3 aliphatic rings. The number of nitrogens with zero attached hydrogens (tertiary/aromatic N) is 5. The second kappa shape index (κ2) is 18.2. The summed E-state index contributed by atoms with van der Waals surface area (Å²) in [5, 5.41) is 14.4. The number of alkyl carbamates (subject to hydrolysis) is 1. The number of H-pyrrole nitrogens is 2. The minimum atomic E-state index is -1.32. The number of amides is 4. The molecule has 3 aromatic carbocycles. The van der Waals surface area contributed by atoms with Gasteiger partial charge in [0, 0.05) is 18.5 Å². The van der Waals surface area contributed by atoms with Crippen LogP contribution in [0.25, 0.3) is 22.1 Å². The van der Waals surface area contributed by atoms with Gasteiger partial charge in [-0.2, -0.15) is 0 Å². The second-order valence-electron chi connectivity index (χ2n) is 19.8. The fraction of sp³-hybridized carbons (Fsp3) is 0.510. The van der Waals surface area contributed by atoms with Crippen LogP contribution in [0, 0.1) is 11.8 Å². The third-order valence-corrected chi connectivity index (χ3v) is 13.5. The van der Waals surface area contributed by atoms with Crippen LogP contribution >= 0.6 is 0 Å². The van der Waals surface area contributed by atoms with Gasteiger partial charge in [-0.25, -0.2) is 28.3 Å². The lowest BCUT2D eigenvalue weighted by molar-refractivity contribution is -0.136. The first-order valence-electron chi connectivity index (χ1n) is 22.9. The number of carbonyl (C=O) groups is 4. The Morgan fingerprint density at radius 1 is 0.712 bits per heavy atom. The van der Waals surface area contributed by atoms with Gasteiger partial charge in [-0.05, 0) is 83.2 Å². The van der Waals surface area contributed by atoms with Gasteiger partial charge in [0.1, 0.15) is 36.1 Å². The van der Waals surface area contributed by atoms with E-state index in [0.29, 0.717) is 22.7 Å². The zero-order valence-electron chi connectivity index (χ0n) is 38.8. The number of hydrogen-bond donors (Lipinski definition) is 5. The number of likely N-dealkylation sites (tertiary alicyclic amines) is 2. The van der Waals surface area contributed by atoms with E-state index in [2.05, 4.69) is 94.8 Å². The summed E-state index contributed by atoms with van der Waals surface area (Å²) < 4.78 is 35.0. The summed E-state index contributed by atoms with van der Waals surface area (Å²) in [7, 11) is 1.23. The Balaban J connectivity index is 1.10. The molecule has 5 N–H and O–H groups in total. The molecule has 0 bridgehead atoms. The Kier molecular flexibility index (Phi) is 12.8. The average Bonchev–Trinajstić information content (AvgIpc) is 4.12. The van der Waals surface area contributed by atoms with Gasteiger partial charge in [0.25, 0.3) is 0 Å². The van der Waals surface area contributed by atoms with E-state index in [4.69, 9.17) is 14.7 Å². The van der Waals surface area contributed by atoms with E-state index in [-0.39, 0.29) is 55.3 Å². The molecule has 0 spiro atoms. The third-order valence-electron chi connectivity index (χ3n) is 13.5. The Bertz CT molecular complexity index is 2610. The molecule has 2 unspecified atom stereocenters. The molecule has 8 rings (SSSR count). The average molecular weight is 910 g/mol. The van der Waals surface area contributed by atoms with Crippen molar-refractivity contribution in [2.75, 3.05) is 25.1 Å². The van der Waals surface area contributed by atoms with Gasteiger partial charge < -0.3 is 45.1 Å². The predicted molar refractivity (Wildman–Crippen MR) is 246 cm³/mol. The van der Waals surface area contributed by atoms with Crippen LogP contribution in [0.5, 0.6) is 0 Å². The number of alkyl halides is 2. The standard InChI is InChI=1S/C49H61F2N9O6/c1-25(2)41(56-47(63)64)45(61)58-23-30(50)21-39(58)43-52-33-15-9-27(19-35(33)54-43)37-17-18-38(60(37)32-13-11-29(12-14-32)49(5,6)7)28-10-16-34-36(20-28)55-44(53-34)40-22-31(51)24-59(40)46(62)42(26(3)4)57-48(65)66-8/h9-16,19-20,25-26,30-31,37-42,56H,17-18,21-24H2,1-8H3,(H,52,54)(H,53,55)(H,57,65)(H,63,64)/t30-,31?,37+,38+,39-,40?,41-,42-/m0/s1. The summed E-state index contributed by atoms with van der Waals surface area (Å²) in [4.78, 5) is 73.1. The SMILES string of the molecule is COC(=O)N[C@H](C(=O)N1CC(F)CC1c1nc2ccc([C@H]3CC[C@H](c4ccc5nc([C@@H]6C[C@H](F)CN6C(=O)[C@@H](NC(=O)O)C(C)C)[nH]c5c4)N3c3ccc(C(C)(C)C)cc3)cc2[nH]1)C(C)C. The van der Waals surface area contributed by atoms with Crippen LogP contribution < -0.4 is 15.5 Å². The molecule has 2 aromatic heterocycles. The molecule has 0 radical (unpaired) electrons. The van der Waals surface area contributed by atoms with E-state index in [1.165, 1.54) is 22.5 Å². The molecule has 5 aromatic rings. The van der Waals surface area contributed by atoms with E-state index in [1.807, 2.05) is 26.0 Å². The number of nitrogens with one attached hydrogen (secondary N) is 4. The van der Waals surface area contributed by atoms with Gasteiger partial charge >= 0.3 is 12.2 Å². The lowest BCUT2D eigenvalue weighted by Gasteiger charge is -2.34. The number of halogens is 2. The van der Waals surface area contributed by atoms with E-state index in [1.54, 1.807) is 13.8 Å². The van der Waals surface area contributed by atoms with Crippen molar-refractivity contribution in [3.63, 3.8) is 0 Å². The molecular weight excluding hydrogens is 849 g/mol. The normalized spacial score (nSPS) is 23.3.